The largest absolute Gasteiger partial charge is 0.361 e. The van der Waals surface area contributed by atoms with E-state index >= 15 is 0 Å². The van der Waals surface area contributed by atoms with Crippen LogP contribution >= 0.6 is 0 Å². The van der Waals surface area contributed by atoms with Gasteiger partial charge in [-0.25, -0.2) is 8.42 Å². The molecule has 6 heteroatoms. The number of benzene rings is 4. The molecule has 0 spiro atoms. The van der Waals surface area contributed by atoms with Crippen molar-refractivity contribution in [2.75, 3.05) is 18.8 Å². The molecule has 1 fully saturated rings. The van der Waals surface area contributed by atoms with Crippen molar-refractivity contribution in [3.63, 3.8) is 0 Å². The minimum Gasteiger partial charge on any atom is -0.361 e. The lowest BCUT2D eigenvalue weighted by Crippen LogP contribution is -2.36. The molecule has 0 bridgehead atoms. The molecule has 6 aromatic rings. The van der Waals surface area contributed by atoms with Crippen molar-refractivity contribution in [1.29, 1.82) is 0 Å². The number of hydrogen-bond acceptors (Lipinski definition) is 3. The summed E-state index contributed by atoms with van der Waals surface area (Å²) in [5.74, 6) is 0.163. The molecule has 1 aliphatic rings. The quantitative estimate of drug-likeness (QED) is 0.216. The van der Waals surface area contributed by atoms with Crippen molar-refractivity contribution in [2.45, 2.75) is 24.3 Å². The fourth-order valence-electron chi connectivity index (χ4n) is 6.05. The number of aromatic nitrogens is 2. The van der Waals surface area contributed by atoms with Crippen molar-refractivity contribution in [1.82, 2.24) is 14.9 Å². The van der Waals surface area contributed by atoms with Gasteiger partial charge in [0.1, 0.15) is 0 Å². The second-order valence-corrected chi connectivity index (χ2v) is 13.1. The molecule has 1 atom stereocenters. The maximum Gasteiger partial charge on any atom is 0.179 e. The van der Waals surface area contributed by atoms with Crippen molar-refractivity contribution in [2.24, 2.45) is 5.41 Å². The van der Waals surface area contributed by atoms with Gasteiger partial charge in [-0.15, -0.1) is 0 Å². The van der Waals surface area contributed by atoms with E-state index in [1.54, 1.807) is 12.1 Å². The van der Waals surface area contributed by atoms with Crippen LogP contribution in [0, 0.1) is 5.41 Å². The van der Waals surface area contributed by atoms with Crippen LogP contribution in [0.4, 0.5) is 0 Å². The highest BCUT2D eigenvalue weighted by Crippen LogP contribution is 2.38. The molecule has 1 aliphatic heterocycles. The van der Waals surface area contributed by atoms with Gasteiger partial charge in [-0.3, -0.25) is 4.90 Å². The fourth-order valence-corrected chi connectivity index (χ4v) is 7.95. The van der Waals surface area contributed by atoms with Gasteiger partial charge in [-0.2, -0.15) is 0 Å². The van der Waals surface area contributed by atoms with Crippen LogP contribution in [0.25, 0.3) is 21.8 Å². The zero-order valence-corrected chi connectivity index (χ0v) is 23.9. The highest BCUT2D eigenvalue weighted by molar-refractivity contribution is 7.91. The van der Waals surface area contributed by atoms with Crippen molar-refractivity contribution >= 4 is 31.6 Å². The summed E-state index contributed by atoms with van der Waals surface area (Å²) in [6.07, 6.45) is 5.44. The minimum atomic E-state index is -3.43. The van der Waals surface area contributed by atoms with Crippen molar-refractivity contribution in [3.8, 4) is 0 Å². The van der Waals surface area contributed by atoms with Gasteiger partial charge in [0.25, 0.3) is 0 Å². The summed E-state index contributed by atoms with van der Waals surface area (Å²) >= 11 is 0. The molecule has 3 heterocycles. The third-order valence-electron chi connectivity index (χ3n) is 8.03. The van der Waals surface area contributed by atoms with Gasteiger partial charge in [-0.1, -0.05) is 78.9 Å². The number of sulfone groups is 1. The lowest BCUT2D eigenvalue weighted by atomic mass is 9.82. The van der Waals surface area contributed by atoms with E-state index in [9.17, 15) is 8.42 Å². The molecule has 4 aromatic carbocycles. The predicted molar refractivity (Wildman–Crippen MR) is 168 cm³/mol. The highest BCUT2D eigenvalue weighted by atomic mass is 32.2. The maximum absolute atomic E-state index is 13.6. The Kier molecular flexibility index (Phi) is 7.77. The monoisotopic (exact) mass is 561 g/mol. The number of nitrogens with one attached hydrogen (secondary N) is 2. The van der Waals surface area contributed by atoms with E-state index < -0.39 is 9.84 Å². The third kappa shape index (κ3) is 6.45. The van der Waals surface area contributed by atoms with Gasteiger partial charge in [0.15, 0.2) is 9.84 Å². The fraction of sp³-hybridized carbons (Fsp3) is 0.200. The van der Waals surface area contributed by atoms with E-state index in [2.05, 4.69) is 69.5 Å². The molecule has 0 amide bonds. The third-order valence-corrected chi connectivity index (χ3v) is 10.00. The summed E-state index contributed by atoms with van der Waals surface area (Å²) in [6.45, 7) is 2.54. The van der Waals surface area contributed by atoms with Gasteiger partial charge < -0.3 is 9.97 Å². The first-order chi connectivity index (χ1) is 20.0. The zero-order chi connectivity index (χ0) is 28.1. The molecule has 2 N–H and O–H groups in total. The Morgan fingerprint density at radius 1 is 0.683 bits per heavy atom. The van der Waals surface area contributed by atoms with Crippen LogP contribution in [-0.4, -0.2) is 42.1 Å². The molecule has 7 rings (SSSR count). The second kappa shape index (κ2) is 11.8. The molecule has 0 aliphatic carbocycles. The Morgan fingerprint density at radius 3 is 2.05 bits per heavy atom. The number of aromatic amines is 2. The van der Waals surface area contributed by atoms with Crippen LogP contribution in [0.15, 0.2) is 133 Å². The van der Waals surface area contributed by atoms with Crippen LogP contribution in [0.3, 0.4) is 0 Å². The Labute approximate surface area is 241 Å². The number of H-pyrrole nitrogens is 2. The average Bonchev–Trinajstić information content (AvgIpc) is 3.74. The van der Waals surface area contributed by atoms with E-state index in [1.165, 1.54) is 22.0 Å². The molecule has 0 radical (unpaired) electrons. The molecular formula is C35H35N3O2S. The van der Waals surface area contributed by atoms with Crippen LogP contribution in [0.2, 0.25) is 0 Å². The zero-order valence-electron chi connectivity index (χ0n) is 23.0. The molecule has 41 heavy (non-hydrogen) atoms. The number of fused-ring (bicyclic) bond motifs is 2. The summed E-state index contributed by atoms with van der Waals surface area (Å²) in [6, 6.07) is 38.3. The van der Waals surface area contributed by atoms with Gasteiger partial charge in [0, 0.05) is 47.3 Å². The summed E-state index contributed by atoms with van der Waals surface area (Å²) in [7, 11) is -3.43. The Hall–Kier alpha value is -4.13. The van der Waals surface area contributed by atoms with Gasteiger partial charge >= 0.3 is 0 Å². The topological polar surface area (TPSA) is 69.0 Å². The second-order valence-electron chi connectivity index (χ2n) is 11.2. The van der Waals surface area contributed by atoms with E-state index in [4.69, 9.17) is 0 Å². The molecule has 5 nitrogen and oxygen atoms in total. The average molecular weight is 562 g/mol. The van der Waals surface area contributed by atoms with E-state index in [0.29, 0.717) is 4.90 Å². The first-order valence-corrected chi connectivity index (χ1v) is 15.8. The number of hydrogen-bond donors (Lipinski definition) is 2. The maximum atomic E-state index is 13.6. The van der Waals surface area contributed by atoms with E-state index in [1.807, 2.05) is 60.9 Å². The van der Waals surface area contributed by atoms with Crippen LogP contribution in [-0.2, 0) is 22.8 Å². The molecular weight excluding hydrogens is 526 g/mol. The van der Waals surface area contributed by atoms with Crippen LogP contribution in [0.5, 0.6) is 0 Å². The van der Waals surface area contributed by atoms with Gasteiger partial charge in [0.2, 0.25) is 0 Å². The molecule has 1 saturated heterocycles. The number of likely N-dealkylation sites (tertiary alicyclic amines) is 1. The first kappa shape index (κ1) is 27.1. The summed E-state index contributed by atoms with van der Waals surface area (Å²) in [5.41, 5.74) is 4.33. The Morgan fingerprint density at radius 2 is 1.32 bits per heavy atom. The van der Waals surface area contributed by atoms with Gasteiger partial charge in [0.05, 0.1) is 10.6 Å². The van der Waals surface area contributed by atoms with Crippen molar-refractivity contribution < 1.29 is 8.42 Å². The standard InChI is InChI=1S/C27H28N2O2S.C8H7N/c30-32(31,25-11-12-26-24(17-25)13-15-28-26)21-27(18-22-7-3-1-4-8-22)14-16-29(20-27)19-23-9-5-2-6-10-23;1-2-4-8-7(3-1)5-6-9-8/h1-13,15,17,28H,14,16,18-21H2;1-6,9H. The van der Waals surface area contributed by atoms with Crippen LogP contribution < -0.4 is 0 Å². The smallest absolute Gasteiger partial charge is 0.179 e. The van der Waals surface area contributed by atoms with Crippen molar-refractivity contribution in [3.05, 3.63) is 139 Å². The predicted octanol–water partition coefficient (Wildman–Crippen LogP) is 7.24. The van der Waals surface area contributed by atoms with E-state index in [0.717, 1.165) is 43.4 Å². The SMILES string of the molecule is O=S(=O)(CC1(Cc2ccccc2)CCN(Cc2ccccc2)C1)c1ccc2[nH]ccc2c1.c1ccc2[nH]ccc2c1. The number of rotatable bonds is 7. The summed E-state index contributed by atoms with van der Waals surface area (Å²) in [4.78, 5) is 9.08. The lowest BCUT2D eigenvalue weighted by molar-refractivity contribution is 0.269. The molecule has 0 saturated carbocycles. The highest BCUT2D eigenvalue weighted by Gasteiger charge is 2.42. The summed E-state index contributed by atoms with van der Waals surface area (Å²) < 4.78 is 27.2. The minimum absolute atomic E-state index is 0.163. The number of para-hydroxylation sites is 1. The van der Waals surface area contributed by atoms with Gasteiger partial charge in [-0.05, 0) is 72.3 Å². The lowest BCUT2D eigenvalue weighted by Gasteiger charge is -2.30. The number of nitrogens with zero attached hydrogens (tertiary/aromatic N) is 1. The molecule has 2 aromatic heterocycles. The summed E-state index contributed by atoms with van der Waals surface area (Å²) in [5, 5.41) is 2.21. The molecule has 208 valence electrons. The van der Waals surface area contributed by atoms with Crippen LogP contribution in [0.1, 0.15) is 17.5 Å². The van der Waals surface area contributed by atoms with E-state index in [-0.39, 0.29) is 11.2 Å². The Balaban J connectivity index is 0.000000283. The Bertz CT molecular complexity index is 1800. The molecule has 1 unspecified atom stereocenters. The first-order valence-electron chi connectivity index (χ1n) is 14.1. The normalized spacial score (nSPS) is 17.5.